The van der Waals surface area contributed by atoms with E-state index in [2.05, 4.69) is 102 Å². The monoisotopic (exact) mass is 637 g/mol. The second kappa shape index (κ2) is 10.2. The lowest BCUT2D eigenvalue weighted by atomic mass is 9.80. The quantitative estimate of drug-likeness (QED) is 0.189. The number of fused-ring (bicyclic) bond motifs is 15. The van der Waals surface area contributed by atoms with Crippen LogP contribution in [0.1, 0.15) is 34.6 Å². The van der Waals surface area contributed by atoms with Gasteiger partial charge in [-0.15, -0.1) is 0 Å². The summed E-state index contributed by atoms with van der Waals surface area (Å²) in [5.74, 6) is 0.916. The minimum Gasteiger partial charge on any atom is -0.277 e. The highest BCUT2D eigenvalue weighted by atomic mass is 15.2. The van der Waals surface area contributed by atoms with E-state index in [0.29, 0.717) is 17.4 Å². The average molecular weight is 638 g/mol. The van der Waals surface area contributed by atoms with E-state index < -0.39 is 0 Å². The summed E-state index contributed by atoms with van der Waals surface area (Å²) in [5.41, 5.74) is 15.4. The van der Waals surface area contributed by atoms with Crippen molar-refractivity contribution in [2.75, 3.05) is 0 Å². The van der Waals surface area contributed by atoms with Crippen LogP contribution in [0.2, 0.25) is 0 Å². The van der Waals surface area contributed by atoms with E-state index in [0.717, 1.165) is 51.6 Å². The summed E-state index contributed by atoms with van der Waals surface area (Å²) >= 11 is 0. The standard InChI is InChI=1S/C45H27N5/c46-25-26-15-17-28(18-16-26)41-42-39(14-7-23-47-42)48-45(49-41)50-43-29-9-2-1-8-27(29)19-20-36(43)38-24-37-32-12-4-3-10-30(32)33-21-22-35(37)40(44(38)50)34-13-6-5-11-31(33)34/h1-20,23-24,33H,21-22H2/t33-/m1/s1. The fraction of sp³-hybridized carbons (Fsp3) is 0.0667. The van der Waals surface area contributed by atoms with Crippen LogP contribution in [-0.4, -0.2) is 19.5 Å². The molecule has 232 valence electrons. The van der Waals surface area contributed by atoms with E-state index in [-0.39, 0.29) is 0 Å². The summed E-state index contributed by atoms with van der Waals surface area (Å²) in [6.07, 6.45) is 3.83. The summed E-state index contributed by atoms with van der Waals surface area (Å²) in [6.45, 7) is 0. The topological polar surface area (TPSA) is 67.4 Å². The van der Waals surface area contributed by atoms with Crippen molar-refractivity contribution in [1.82, 2.24) is 19.5 Å². The molecule has 0 unspecified atom stereocenters. The largest absolute Gasteiger partial charge is 0.277 e. The van der Waals surface area contributed by atoms with E-state index in [1.807, 2.05) is 36.4 Å². The Morgan fingerprint density at radius 2 is 1.44 bits per heavy atom. The third-order valence-electron chi connectivity index (χ3n) is 10.9. The smallest absolute Gasteiger partial charge is 0.235 e. The van der Waals surface area contributed by atoms with Crippen LogP contribution in [0.3, 0.4) is 0 Å². The van der Waals surface area contributed by atoms with Gasteiger partial charge in [0.05, 0.1) is 28.2 Å². The second-order valence-electron chi connectivity index (χ2n) is 13.4. The molecule has 2 aliphatic rings. The van der Waals surface area contributed by atoms with Gasteiger partial charge in [-0.1, -0.05) is 97.1 Å². The minimum atomic E-state index is 0.312. The Morgan fingerprint density at radius 3 is 2.30 bits per heavy atom. The van der Waals surface area contributed by atoms with Crippen molar-refractivity contribution in [2.24, 2.45) is 0 Å². The summed E-state index contributed by atoms with van der Waals surface area (Å²) in [7, 11) is 0. The van der Waals surface area contributed by atoms with Crippen LogP contribution in [0.4, 0.5) is 0 Å². The Balaban J connectivity index is 1.36. The molecule has 0 saturated carbocycles. The van der Waals surface area contributed by atoms with Gasteiger partial charge in [-0.3, -0.25) is 9.55 Å². The van der Waals surface area contributed by atoms with E-state index in [4.69, 9.17) is 15.0 Å². The number of benzene rings is 6. The second-order valence-corrected chi connectivity index (χ2v) is 13.4. The Hall–Kier alpha value is -6.64. The van der Waals surface area contributed by atoms with E-state index in [9.17, 15) is 5.26 Å². The highest BCUT2D eigenvalue weighted by molar-refractivity contribution is 6.22. The summed E-state index contributed by atoms with van der Waals surface area (Å²) in [6, 6.07) is 47.4. The highest BCUT2D eigenvalue weighted by Crippen LogP contribution is 2.54. The van der Waals surface area contributed by atoms with Crippen LogP contribution in [0, 0.1) is 11.3 Å². The fourth-order valence-corrected chi connectivity index (χ4v) is 8.77. The first-order valence-corrected chi connectivity index (χ1v) is 17.1. The van der Waals surface area contributed by atoms with Crippen LogP contribution in [0.5, 0.6) is 0 Å². The maximum absolute atomic E-state index is 9.52. The molecule has 2 aliphatic carbocycles. The number of nitrogens with zero attached hydrogens (tertiary/aromatic N) is 5. The number of hydrogen-bond donors (Lipinski definition) is 0. The first-order chi connectivity index (χ1) is 24.8. The maximum atomic E-state index is 9.52. The molecule has 0 N–H and O–H groups in total. The Kier molecular flexibility index (Phi) is 5.56. The zero-order valence-corrected chi connectivity index (χ0v) is 26.9. The van der Waals surface area contributed by atoms with Gasteiger partial charge in [0.15, 0.2) is 0 Å². The van der Waals surface area contributed by atoms with Gasteiger partial charge in [0.25, 0.3) is 0 Å². The van der Waals surface area contributed by atoms with Crippen molar-refractivity contribution >= 4 is 43.6 Å². The molecular weight excluding hydrogens is 611 g/mol. The van der Waals surface area contributed by atoms with Crippen LogP contribution >= 0.6 is 0 Å². The molecule has 3 heterocycles. The van der Waals surface area contributed by atoms with E-state index in [1.165, 1.54) is 55.1 Å². The molecule has 3 aromatic heterocycles. The molecule has 0 aliphatic heterocycles. The molecule has 0 saturated heterocycles. The predicted octanol–water partition coefficient (Wildman–Crippen LogP) is 10.5. The number of pyridine rings is 1. The Morgan fingerprint density at radius 1 is 0.660 bits per heavy atom. The molecular formula is C45H27N5. The minimum absolute atomic E-state index is 0.312. The number of hydrogen-bond acceptors (Lipinski definition) is 4. The number of rotatable bonds is 2. The third-order valence-corrected chi connectivity index (χ3v) is 10.9. The lowest BCUT2D eigenvalue weighted by Gasteiger charge is -2.24. The van der Waals surface area contributed by atoms with Gasteiger partial charge < -0.3 is 0 Å². The van der Waals surface area contributed by atoms with Gasteiger partial charge in [-0.2, -0.15) is 5.26 Å². The molecule has 1 atom stereocenters. The van der Waals surface area contributed by atoms with Gasteiger partial charge in [0.1, 0.15) is 11.2 Å². The van der Waals surface area contributed by atoms with Crippen molar-refractivity contribution in [1.29, 1.82) is 5.26 Å². The molecule has 2 bridgehead atoms. The predicted molar refractivity (Wildman–Crippen MR) is 200 cm³/mol. The SMILES string of the molecule is N#Cc1ccc(-c2nc(-n3c4c5c6c(cc4c4ccc7ccccc7c43)-c3ccccc3[C@@H](CC6)c3ccccc3-5)nc3cccnc23)cc1. The summed E-state index contributed by atoms with van der Waals surface area (Å²) in [4.78, 5) is 15.5. The molecule has 0 radical (unpaired) electrons. The molecule has 5 heteroatoms. The van der Waals surface area contributed by atoms with Gasteiger partial charge >= 0.3 is 0 Å². The molecule has 0 amide bonds. The molecule has 5 nitrogen and oxygen atoms in total. The molecule has 9 aromatic rings. The molecule has 11 rings (SSSR count). The van der Waals surface area contributed by atoms with Crippen molar-refractivity contribution < 1.29 is 0 Å². The normalized spacial score (nSPS) is 14.4. The van der Waals surface area contributed by atoms with E-state index in [1.54, 1.807) is 6.20 Å². The molecule has 6 aromatic carbocycles. The number of nitriles is 1. The van der Waals surface area contributed by atoms with Crippen molar-refractivity contribution in [2.45, 2.75) is 18.8 Å². The van der Waals surface area contributed by atoms with Gasteiger partial charge in [0.2, 0.25) is 5.95 Å². The zero-order valence-electron chi connectivity index (χ0n) is 26.9. The van der Waals surface area contributed by atoms with Crippen molar-refractivity contribution in [3.8, 4) is 45.5 Å². The maximum Gasteiger partial charge on any atom is 0.235 e. The van der Waals surface area contributed by atoms with Gasteiger partial charge in [-0.05, 0) is 81.9 Å². The van der Waals surface area contributed by atoms with E-state index >= 15 is 0 Å². The van der Waals surface area contributed by atoms with Gasteiger partial charge in [-0.25, -0.2) is 9.97 Å². The van der Waals surface area contributed by atoms with Crippen LogP contribution in [0.15, 0.2) is 134 Å². The van der Waals surface area contributed by atoms with Gasteiger partial charge in [0, 0.05) is 39.4 Å². The fourth-order valence-electron chi connectivity index (χ4n) is 8.77. The summed E-state index contributed by atoms with van der Waals surface area (Å²) < 4.78 is 2.33. The van der Waals surface area contributed by atoms with Crippen molar-refractivity contribution in [3.05, 3.63) is 156 Å². The van der Waals surface area contributed by atoms with Crippen LogP contribution < -0.4 is 0 Å². The Labute approximate surface area is 287 Å². The lowest BCUT2D eigenvalue weighted by Crippen LogP contribution is -2.07. The first kappa shape index (κ1) is 27.3. The molecule has 0 spiro atoms. The third kappa shape index (κ3) is 3.68. The first-order valence-electron chi connectivity index (χ1n) is 17.1. The molecule has 50 heavy (non-hydrogen) atoms. The van der Waals surface area contributed by atoms with Crippen LogP contribution in [0.25, 0.3) is 83.1 Å². The molecule has 0 fully saturated rings. The zero-order chi connectivity index (χ0) is 32.9. The Bertz CT molecular complexity index is 2950. The van der Waals surface area contributed by atoms with Crippen molar-refractivity contribution in [3.63, 3.8) is 0 Å². The highest BCUT2D eigenvalue weighted by Gasteiger charge is 2.34. The summed E-state index contributed by atoms with van der Waals surface area (Å²) in [5, 5.41) is 14.2. The van der Waals surface area contributed by atoms with Crippen LogP contribution in [-0.2, 0) is 6.42 Å². The lowest BCUT2D eigenvalue weighted by molar-refractivity contribution is 0.736. The average Bonchev–Trinajstić information content (AvgIpc) is 3.29. The number of aromatic nitrogens is 4.